The average molecular weight is 423 g/mol. The number of aliphatic hydroxyl groups excluding tert-OH is 1. The van der Waals surface area contributed by atoms with Gasteiger partial charge in [0.25, 0.3) is 0 Å². The zero-order valence-electron chi connectivity index (χ0n) is 17.9. The molecule has 1 saturated carbocycles. The maximum absolute atomic E-state index is 11.9. The van der Waals surface area contributed by atoms with Crippen LogP contribution in [0.5, 0.6) is 0 Å². The molecule has 162 valence electrons. The summed E-state index contributed by atoms with van der Waals surface area (Å²) < 4.78 is 5.88. The number of methoxy groups -OCH3 is 1. The molecule has 0 amide bonds. The average Bonchev–Trinajstić information content (AvgIpc) is 3.23. The topological polar surface area (TPSA) is 87.0 Å². The molecular formula is C23H34O5S. The van der Waals surface area contributed by atoms with Crippen LogP contribution in [0.1, 0.15) is 62.8 Å². The molecule has 1 aliphatic carbocycles. The summed E-state index contributed by atoms with van der Waals surface area (Å²) in [6.45, 7) is 6.10. The van der Waals surface area contributed by atoms with E-state index in [1.165, 1.54) is 0 Å². The fraction of sp³-hybridized carbons (Fsp3) is 0.609. The second-order valence-electron chi connectivity index (χ2n) is 7.92. The minimum atomic E-state index is -1.43. The number of hydrogen-bond acceptors (Lipinski definition) is 5. The van der Waals surface area contributed by atoms with E-state index < -0.39 is 29.2 Å². The van der Waals surface area contributed by atoms with Gasteiger partial charge in [0, 0.05) is 35.5 Å². The highest BCUT2D eigenvalue weighted by atomic mass is 32.1. The van der Waals surface area contributed by atoms with Crippen LogP contribution >= 0.6 is 11.3 Å². The van der Waals surface area contributed by atoms with Crippen molar-refractivity contribution in [3.8, 4) is 0 Å². The van der Waals surface area contributed by atoms with Crippen molar-refractivity contribution in [2.45, 2.75) is 76.6 Å². The molecule has 4 atom stereocenters. The fourth-order valence-electron chi connectivity index (χ4n) is 4.32. The Balaban J connectivity index is 2.42. The molecule has 6 heteroatoms. The van der Waals surface area contributed by atoms with Gasteiger partial charge in [-0.1, -0.05) is 38.8 Å². The van der Waals surface area contributed by atoms with E-state index in [4.69, 9.17) is 4.74 Å². The Hall–Kier alpha value is -1.47. The minimum Gasteiger partial charge on any atom is -0.478 e. The smallest absolute Gasteiger partial charge is 0.331 e. The summed E-state index contributed by atoms with van der Waals surface area (Å²) in [5.41, 5.74) is -0.904. The number of hydrogen-bond donors (Lipinski definition) is 3. The number of carboxylic acid groups (broad SMARTS) is 1. The zero-order valence-corrected chi connectivity index (χ0v) is 18.7. The molecule has 5 nitrogen and oxygen atoms in total. The summed E-state index contributed by atoms with van der Waals surface area (Å²) in [7, 11) is 1.64. The summed E-state index contributed by atoms with van der Waals surface area (Å²) in [6.07, 6.45) is 7.98. The highest BCUT2D eigenvalue weighted by molar-refractivity contribution is 7.10. The van der Waals surface area contributed by atoms with Crippen LogP contribution in [0.15, 0.2) is 35.2 Å². The first-order chi connectivity index (χ1) is 13.7. The Bertz CT molecular complexity index is 746. The molecule has 0 aliphatic heterocycles. The SMILES string of the molecule is CCCCC=C(C(=O)O)C1CC(O)CC1(O)C=CC(CC)(OC)c1ccsc1C. The van der Waals surface area contributed by atoms with E-state index in [0.717, 1.165) is 23.3 Å². The van der Waals surface area contributed by atoms with Crippen molar-refractivity contribution in [3.05, 3.63) is 45.7 Å². The number of aliphatic carboxylic acids is 1. The number of rotatable bonds is 10. The Morgan fingerprint density at radius 3 is 2.69 bits per heavy atom. The maximum Gasteiger partial charge on any atom is 0.331 e. The van der Waals surface area contributed by atoms with Crippen molar-refractivity contribution in [2.24, 2.45) is 5.92 Å². The molecule has 29 heavy (non-hydrogen) atoms. The minimum absolute atomic E-state index is 0.110. The normalized spacial score (nSPS) is 27.4. The van der Waals surface area contributed by atoms with E-state index in [2.05, 4.69) is 0 Å². The molecule has 1 heterocycles. The van der Waals surface area contributed by atoms with E-state index in [0.29, 0.717) is 12.8 Å². The molecule has 1 aliphatic rings. The lowest BCUT2D eigenvalue weighted by Gasteiger charge is -2.32. The maximum atomic E-state index is 11.9. The molecule has 0 spiro atoms. The Labute approximate surface area is 177 Å². The molecule has 0 aromatic carbocycles. The summed E-state index contributed by atoms with van der Waals surface area (Å²) >= 11 is 1.64. The molecule has 4 unspecified atom stereocenters. The molecule has 1 fully saturated rings. The summed E-state index contributed by atoms with van der Waals surface area (Å²) in [6, 6.07) is 2.02. The molecule has 2 rings (SSSR count). The number of aliphatic hydroxyl groups is 2. The Kier molecular flexibility index (Phi) is 8.23. The number of ether oxygens (including phenoxy) is 1. The molecule has 3 N–H and O–H groups in total. The van der Waals surface area contributed by atoms with Crippen molar-refractivity contribution < 1.29 is 24.9 Å². The second kappa shape index (κ2) is 10.0. The quantitative estimate of drug-likeness (QED) is 0.292. The number of aryl methyl sites for hydroxylation is 1. The van der Waals surface area contributed by atoms with Crippen molar-refractivity contribution in [1.82, 2.24) is 0 Å². The number of carboxylic acids is 1. The van der Waals surface area contributed by atoms with Gasteiger partial charge in [-0.25, -0.2) is 4.79 Å². The first-order valence-corrected chi connectivity index (χ1v) is 11.2. The molecule has 0 radical (unpaired) electrons. The third kappa shape index (κ3) is 5.18. The van der Waals surface area contributed by atoms with Crippen LogP contribution in [0.2, 0.25) is 0 Å². The Morgan fingerprint density at radius 2 is 2.17 bits per heavy atom. The molecule has 0 saturated heterocycles. The van der Waals surface area contributed by atoms with Crippen LogP contribution in [0.25, 0.3) is 0 Å². The number of unbranched alkanes of at least 4 members (excludes halogenated alkanes) is 2. The summed E-state index contributed by atoms with van der Waals surface area (Å²) in [4.78, 5) is 13.0. The van der Waals surface area contributed by atoms with E-state index >= 15 is 0 Å². The lowest BCUT2D eigenvalue weighted by Crippen LogP contribution is -2.35. The van der Waals surface area contributed by atoms with Gasteiger partial charge in [0.1, 0.15) is 5.60 Å². The Morgan fingerprint density at radius 1 is 1.45 bits per heavy atom. The standard InChI is InChI=1S/C23H34O5S/c1-5-7-8-9-18(21(25)26)20-14-17(24)15-22(20,27)11-12-23(6-2,28-4)19-10-13-29-16(19)3/h9-13,17,20,24,27H,5-8,14-15H2,1-4H3,(H,25,26). The van der Waals surface area contributed by atoms with E-state index in [1.807, 2.05) is 38.3 Å². The first-order valence-electron chi connectivity index (χ1n) is 10.4. The van der Waals surface area contributed by atoms with Crippen LogP contribution in [-0.2, 0) is 15.1 Å². The second-order valence-corrected chi connectivity index (χ2v) is 9.04. The summed E-state index contributed by atoms with van der Waals surface area (Å²) in [5, 5.41) is 33.4. The van der Waals surface area contributed by atoms with Gasteiger partial charge in [-0.2, -0.15) is 0 Å². The summed E-state index contributed by atoms with van der Waals surface area (Å²) in [5.74, 6) is -1.69. The number of allylic oxidation sites excluding steroid dienone is 1. The van der Waals surface area contributed by atoms with Gasteiger partial charge < -0.3 is 20.1 Å². The zero-order chi connectivity index (χ0) is 21.7. The van der Waals surface area contributed by atoms with Gasteiger partial charge in [-0.15, -0.1) is 11.3 Å². The van der Waals surface area contributed by atoms with Crippen LogP contribution in [0, 0.1) is 12.8 Å². The molecule has 0 bridgehead atoms. The molecular weight excluding hydrogens is 388 g/mol. The van der Waals surface area contributed by atoms with Crippen LogP contribution < -0.4 is 0 Å². The first kappa shape index (κ1) is 23.8. The monoisotopic (exact) mass is 422 g/mol. The van der Waals surface area contributed by atoms with E-state index in [1.54, 1.807) is 30.6 Å². The van der Waals surface area contributed by atoms with Crippen molar-refractivity contribution in [2.75, 3.05) is 7.11 Å². The van der Waals surface area contributed by atoms with Crippen molar-refractivity contribution >= 4 is 17.3 Å². The van der Waals surface area contributed by atoms with Gasteiger partial charge in [-0.05, 0) is 43.7 Å². The highest BCUT2D eigenvalue weighted by Gasteiger charge is 2.47. The highest BCUT2D eigenvalue weighted by Crippen LogP contribution is 2.44. The fourth-order valence-corrected chi connectivity index (χ4v) is 5.10. The third-order valence-corrected chi connectivity index (χ3v) is 6.91. The van der Waals surface area contributed by atoms with Crippen molar-refractivity contribution in [1.29, 1.82) is 0 Å². The van der Waals surface area contributed by atoms with Gasteiger partial charge in [0.2, 0.25) is 0 Å². The van der Waals surface area contributed by atoms with E-state index in [-0.39, 0.29) is 18.4 Å². The lowest BCUT2D eigenvalue weighted by molar-refractivity contribution is -0.134. The number of thiophene rings is 1. The van der Waals surface area contributed by atoms with Gasteiger partial charge in [0.15, 0.2) is 0 Å². The van der Waals surface area contributed by atoms with Crippen LogP contribution in [0.3, 0.4) is 0 Å². The van der Waals surface area contributed by atoms with Crippen LogP contribution in [-0.4, -0.2) is 40.1 Å². The van der Waals surface area contributed by atoms with Gasteiger partial charge >= 0.3 is 5.97 Å². The van der Waals surface area contributed by atoms with E-state index in [9.17, 15) is 20.1 Å². The van der Waals surface area contributed by atoms with Crippen molar-refractivity contribution in [3.63, 3.8) is 0 Å². The predicted octanol–water partition coefficient (Wildman–Crippen LogP) is 4.57. The largest absolute Gasteiger partial charge is 0.478 e. The lowest BCUT2D eigenvalue weighted by atomic mass is 9.81. The van der Waals surface area contributed by atoms with Crippen LogP contribution in [0.4, 0.5) is 0 Å². The number of carbonyl (C=O) groups is 1. The van der Waals surface area contributed by atoms with Gasteiger partial charge in [-0.3, -0.25) is 0 Å². The van der Waals surface area contributed by atoms with Gasteiger partial charge in [0.05, 0.1) is 11.7 Å². The molecule has 1 aromatic heterocycles. The predicted molar refractivity (Wildman–Crippen MR) is 116 cm³/mol. The molecule has 1 aromatic rings. The third-order valence-electron chi connectivity index (χ3n) is 6.06.